The van der Waals surface area contributed by atoms with Crippen LogP contribution in [-0.2, 0) is 0 Å². The Morgan fingerprint density at radius 1 is 1.31 bits per heavy atom. The van der Waals surface area contributed by atoms with Gasteiger partial charge in [0.05, 0.1) is 12.2 Å². The molecule has 0 amide bonds. The molecule has 1 atom stereocenters. The van der Waals surface area contributed by atoms with E-state index in [-0.39, 0.29) is 0 Å². The summed E-state index contributed by atoms with van der Waals surface area (Å²) in [6.07, 6.45) is 7.71. The van der Waals surface area contributed by atoms with Crippen LogP contribution in [0.4, 0.5) is 0 Å². The maximum atomic E-state index is 10.5. The van der Waals surface area contributed by atoms with Crippen LogP contribution in [-0.4, -0.2) is 45.3 Å². The Kier molecular flexibility index (Phi) is 2.47. The number of hydrogen-bond acceptors (Lipinski definition) is 4. The summed E-state index contributed by atoms with van der Waals surface area (Å²) in [5.41, 5.74) is 0.432. The van der Waals surface area contributed by atoms with E-state index in [1.165, 1.54) is 19.3 Å². The Labute approximate surface area is 94.4 Å². The van der Waals surface area contributed by atoms with E-state index in [9.17, 15) is 4.79 Å². The molecule has 0 N–H and O–H groups in total. The third kappa shape index (κ3) is 1.65. The van der Waals surface area contributed by atoms with Gasteiger partial charge in [-0.25, -0.2) is 4.68 Å². The van der Waals surface area contributed by atoms with Crippen molar-refractivity contribution in [2.24, 2.45) is 0 Å². The molecule has 1 aromatic heterocycles. The standard InChI is InChI=1S/C11H16N4O/c16-8-9-6-15(13-12-9)11-4-5-14(7-11)10-2-1-3-10/h6,8,10-11H,1-5,7H2/t11-/m0/s1. The summed E-state index contributed by atoms with van der Waals surface area (Å²) in [5, 5.41) is 7.83. The number of likely N-dealkylation sites (tertiary alicyclic amines) is 1. The van der Waals surface area contributed by atoms with Crippen molar-refractivity contribution in [1.82, 2.24) is 19.9 Å². The minimum atomic E-state index is 0.404. The van der Waals surface area contributed by atoms with E-state index >= 15 is 0 Å². The van der Waals surface area contributed by atoms with Gasteiger partial charge in [-0.15, -0.1) is 5.10 Å². The molecule has 86 valence electrons. The molecular weight excluding hydrogens is 204 g/mol. The van der Waals surface area contributed by atoms with Crippen LogP contribution in [0, 0.1) is 0 Å². The van der Waals surface area contributed by atoms with Crippen LogP contribution in [0.1, 0.15) is 42.2 Å². The van der Waals surface area contributed by atoms with E-state index in [0.717, 1.165) is 31.8 Å². The zero-order chi connectivity index (χ0) is 11.0. The molecule has 1 aliphatic heterocycles. The fourth-order valence-electron chi connectivity index (χ4n) is 2.59. The second-order valence-corrected chi connectivity index (χ2v) is 4.76. The van der Waals surface area contributed by atoms with Gasteiger partial charge in [0, 0.05) is 19.1 Å². The van der Waals surface area contributed by atoms with Gasteiger partial charge in [-0.2, -0.15) is 0 Å². The van der Waals surface area contributed by atoms with Gasteiger partial charge in [0.15, 0.2) is 6.29 Å². The predicted octanol–water partition coefficient (Wildman–Crippen LogP) is 0.890. The molecule has 0 radical (unpaired) electrons. The van der Waals surface area contributed by atoms with Crippen molar-refractivity contribution in [1.29, 1.82) is 0 Å². The van der Waals surface area contributed by atoms with Crippen molar-refractivity contribution in [3.8, 4) is 0 Å². The Bertz CT molecular complexity index is 385. The Morgan fingerprint density at radius 3 is 2.81 bits per heavy atom. The zero-order valence-electron chi connectivity index (χ0n) is 9.25. The third-order valence-corrected chi connectivity index (χ3v) is 3.81. The molecule has 5 heteroatoms. The van der Waals surface area contributed by atoms with Crippen molar-refractivity contribution >= 4 is 6.29 Å². The maximum absolute atomic E-state index is 10.5. The first-order valence-electron chi connectivity index (χ1n) is 5.98. The third-order valence-electron chi connectivity index (χ3n) is 3.81. The maximum Gasteiger partial charge on any atom is 0.171 e. The van der Waals surface area contributed by atoms with Crippen LogP contribution in [0.2, 0.25) is 0 Å². The van der Waals surface area contributed by atoms with Gasteiger partial charge in [0.2, 0.25) is 0 Å². The fourth-order valence-corrected chi connectivity index (χ4v) is 2.59. The number of aromatic nitrogens is 3. The Hall–Kier alpha value is -1.23. The first-order valence-corrected chi connectivity index (χ1v) is 5.98. The van der Waals surface area contributed by atoms with E-state index in [4.69, 9.17) is 0 Å². The van der Waals surface area contributed by atoms with Crippen molar-refractivity contribution in [3.63, 3.8) is 0 Å². The normalized spacial score (nSPS) is 26.9. The average Bonchev–Trinajstić information content (AvgIpc) is 2.81. The highest BCUT2D eigenvalue weighted by Gasteiger charge is 2.32. The smallest absolute Gasteiger partial charge is 0.171 e. The van der Waals surface area contributed by atoms with E-state index < -0.39 is 0 Å². The molecule has 2 heterocycles. The van der Waals surface area contributed by atoms with Gasteiger partial charge in [-0.3, -0.25) is 9.69 Å². The van der Waals surface area contributed by atoms with Gasteiger partial charge in [0.25, 0.3) is 0 Å². The van der Waals surface area contributed by atoms with E-state index in [1.54, 1.807) is 6.20 Å². The fraction of sp³-hybridized carbons (Fsp3) is 0.727. The topological polar surface area (TPSA) is 51.0 Å². The summed E-state index contributed by atoms with van der Waals surface area (Å²) in [6.45, 7) is 2.22. The Balaban J connectivity index is 1.65. The van der Waals surface area contributed by atoms with Crippen LogP contribution in [0.3, 0.4) is 0 Å². The number of carbonyl (C=O) groups excluding carboxylic acids is 1. The van der Waals surface area contributed by atoms with E-state index in [2.05, 4.69) is 15.2 Å². The number of nitrogens with zero attached hydrogens (tertiary/aromatic N) is 4. The molecule has 1 aliphatic carbocycles. The quantitative estimate of drug-likeness (QED) is 0.710. The minimum absolute atomic E-state index is 0.404. The summed E-state index contributed by atoms with van der Waals surface area (Å²) in [5.74, 6) is 0. The summed E-state index contributed by atoms with van der Waals surface area (Å²) in [6, 6.07) is 1.21. The second-order valence-electron chi connectivity index (χ2n) is 4.76. The van der Waals surface area contributed by atoms with E-state index in [1.807, 2.05) is 4.68 Å². The molecule has 1 aromatic rings. The van der Waals surface area contributed by atoms with Crippen LogP contribution < -0.4 is 0 Å². The van der Waals surface area contributed by atoms with Crippen molar-refractivity contribution in [2.45, 2.75) is 37.8 Å². The van der Waals surface area contributed by atoms with Gasteiger partial charge in [0.1, 0.15) is 5.69 Å². The lowest BCUT2D eigenvalue weighted by Gasteiger charge is -2.34. The molecule has 0 aromatic carbocycles. The molecule has 0 unspecified atom stereocenters. The average molecular weight is 220 g/mol. The molecule has 16 heavy (non-hydrogen) atoms. The molecule has 5 nitrogen and oxygen atoms in total. The minimum Gasteiger partial charge on any atom is -0.298 e. The molecule has 1 saturated heterocycles. The van der Waals surface area contributed by atoms with Crippen LogP contribution in [0.15, 0.2) is 6.20 Å². The van der Waals surface area contributed by atoms with Crippen molar-refractivity contribution in [2.75, 3.05) is 13.1 Å². The summed E-state index contributed by atoms with van der Waals surface area (Å²) < 4.78 is 1.85. The van der Waals surface area contributed by atoms with Gasteiger partial charge in [-0.05, 0) is 19.3 Å². The van der Waals surface area contributed by atoms with Gasteiger partial charge < -0.3 is 0 Å². The first kappa shape index (κ1) is 9.96. The number of rotatable bonds is 3. The molecular formula is C11H16N4O. The van der Waals surface area contributed by atoms with Gasteiger partial charge in [-0.1, -0.05) is 11.6 Å². The highest BCUT2D eigenvalue weighted by molar-refractivity contribution is 5.70. The molecule has 3 rings (SSSR count). The van der Waals surface area contributed by atoms with Crippen LogP contribution in [0.25, 0.3) is 0 Å². The number of aldehydes is 1. The van der Waals surface area contributed by atoms with E-state index in [0.29, 0.717) is 11.7 Å². The molecule has 0 spiro atoms. The summed E-state index contributed by atoms with van der Waals surface area (Å²) >= 11 is 0. The lowest BCUT2D eigenvalue weighted by atomic mass is 9.92. The molecule has 2 aliphatic rings. The molecule has 1 saturated carbocycles. The predicted molar refractivity (Wildman–Crippen MR) is 58.3 cm³/mol. The molecule has 0 bridgehead atoms. The van der Waals surface area contributed by atoms with Crippen LogP contribution in [0.5, 0.6) is 0 Å². The van der Waals surface area contributed by atoms with Crippen molar-refractivity contribution in [3.05, 3.63) is 11.9 Å². The highest BCUT2D eigenvalue weighted by atomic mass is 16.1. The lowest BCUT2D eigenvalue weighted by Crippen LogP contribution is -2.38. The highest BCUT2D eigenvalue weighted by Crippen LogP contribution is 2.31. The second kappa shape index (κ2) is 3.97. The number of hydrogen-bond donors (Lipinski definition) is 0. The lowest BCUT2D eigenvalue weighted by molar-refractivity contribution is 0.111. The largest absolute Gasteiger partial charge is 0.298 e. The Morgan fingerprint density at radius 2 is 2.19 bits per heavy atom. The zero-order valence-corrected chi connectivity index (χ0v) is 9.25. The first-order chi connectivity index (χ1) is 7.86. The van der Waals surface area contributed by atoms with Gasteiger partial charge >= 0.3 is 0 Å². The SMILES string of the molecule is O=Cc1cn([C@H]2CCN(C3CCC3)C2)nn1. The molecule has 2 fully saturated rings. The number of carbonyl (C=O) groups is 1. The van der Waals surface area contributed by atoms with Crippen molar-refractivity contribution < 1.29 is 4.79 Å². The monoisotopic (exact) mass is 220 g/mol. The summed E-state index contributed by atoms with van der Waals surface area (Å²) in [7, 11) is 0. The summed E-state index contributed by atoms with van der Waals surface area (Å²) in [4.78, 5) is 13.1. The van der Waals surface area contributed by atoms with Crippen LogP contribution >= 0.6 is 0 Å².